The highest BCUT2D eigenvalue weighted by atomic mass is 15.1. The summed E-state index contributed by atoms with van der Waals surface area (Å²) < 4.78 is 2.16. The topological polar surface area (TPSA) is 66.5 Å². The summed E-state index contributed by atoms with van der Waals surface area (Å²) in [5, 5.41) is 12.0. The van der Waals surface area contributed by atoms with Crippen molar-refractivity contribution in [3.63, 3.8) is 0 Å². The molecule has 114 valence electrons. The van der Waals surface area contributed by atoms with Crippen LogP contribution in [-0.2, 0) is 13.0 Å². The molecule has 0 bridgehead atoms. The largest absolute Gasteiger partial charge is 0.370 e. The zero-order chi connectivity index (χ0) is 15.9. The van der Waals surface area contributed by atoms with Crippen LogP contribution in [0.1, 0.15) is 17.0 Å². The molecule has 0 spiro atoms. The third-order valence-corrected chi connectivity index (χ3v) is 3.54. The number of rotatable bonds is 6. The van der Waals surface area contributed by atoms with Crippen molar-refractivity contribution in [3.8, 4) is 6.07 Å². The van der Waals surface area contributed by atoms with Crippen LogP contribution in [-0.4, -0.2) is 21.1 Å². The summed E-state index contributed by atoms with van der Waals surface area (Å²) >= 11 is 0. The van der Waals surface area contributed by atoms with Gasteiger partial charge in [0.05, 0.1) is 5.56 Å². The molecule has 0 radical (unpaired) electrons. The van der Waals surface area contributed by atoms with Gasteiger partial charge in [0.2, 0.25) is 0 Å². The van der Waals surface area contributed by atoms with E-state index in [2.05, 4.69) is 38.1 Å². The lowest BCUT2D eigenvalue weighted by Crippen LogP contribution is -2.11. The average Bonchev–Trinajstić information content (AvgIpc) is 3.03. The summed E-state index contributed by atoms with van der Waals surface area (Å²) in [6.45, 7) is 1.57. The number of hydrogen-bond acceptors (Lipinski definition) is 4. The summed E-state index contributed by atoms with van der Waals surface area (Å²) in [5.41, 5.74) is 1.82. The molecule has 0 aliphatic heterocycles. The first-order valence-electron chi connectivity index (χ1n) is 7.49. The van der Waals surface area contributed by atoms with E-state index < -0.39 is 0 Å². The summed E-state index contributed by atoms with van der Waals surface area (Å²) in [5.74, 6) is 1.81. The first-order valence-corrected chi connectivity index (χ1v) is 7.49. The fourth-order valence-electron chi connectivity index (χ4n) is 2.36. The second-order valence-electron chi connectivity index (χ2n) is 5.18. The van der Waals surface area contributed by atoms with Gasteiger partial charge in [0.25, 0.3) is 0 Å². The van der Waals surface area contributed by atoms with Crippen molar-refractivity contribution in [1.82, 2.24) is 14.5 Å². The smallest absolute Gasteiger partial charge is 0.125 e. The molecule has 0 saturated carbocycles. The molecule has 5 nitrogen and oxygen atoms in total. The third kappa shape index (κ3) is 3.95. The Kier molecular flexibility index (Phi) is 4.65. The zero-order valence-electron chi connectivity index (χ0n) is 12.7. The van der Waals surface area contributed by atoms with Crippen LogP contribution < -0.4 is 5.32 Å². The van der Waals surface area contributed by atoms with Crippen molar-refractivity contribution in [2.45, 2.75) is 13.0 Å². The van der Waals surface area contributed by atoms with Crippen LogP contribution in [0.15, 0.2) is 61.1 Å². The molecule has 1 aromatic carbocycles. The van der Waals surface area contributed by atoms with Crippen LogP contribution in [0, 0.1) is 11.3 Å². The van der Waals surface area contributed by atoms with E-state index in [9.17, 15) is 0 Å². The minimum absolute atomic E-state index is 0.564. The molecule has 0 unspecified atom stereocenters. The fraction of sp³-hybridized carbons (Fsp3) is 0.167. The van der Waals surface area contributed by atoms with Gasteiger partial charge in [-0.05, 0) is 17.7 Å². The SMILES string of the molecule is N#Cc1ccc(NCCc2nccn2Cc2ccccc2)nc1. The van der Waals surface area contributed by atoms with Crippen LogP contribution in [0.2, 0.25) is 0 Å². The highest BCUT2D eigenvalue weighted by Gasteiger charge is 2.04. The molecular formula is C18H17N5. The Bertz CT molecular complexity index is 784. The van der Waals surface area contributed by atoms with E-state index >= 15 is 0 Å². The van der Waals surface area contributed by atoms with E-state index in [4.69, 9.17) is 5.26 Å². The highest BCUT2D eigenvalue weighted by molar-refractivity contribution is 5.38. The van der Waals surface area contributed by atoms with E-state index in [-0.39, 0.29) is 0 Å². The van der Waals surface area contributed by atoms with Crippen molar-refractivity contribution >= 4 is 5.82 Å². The van der Waals surface area contributed by atoms with Gasteiger partial charge in [0.15, 0.2) is 0 Å². The van der Waals surface area contributed by atoms with Crippen LogP contribution in [0.3, 0.4) is 0 Å². The Morgan fingerprint density at radius 3 is 2.70 bits per heavy atom. The van der Waals surface area contributed by atoms with E-state index in [0.717, 1.165) is 31.2 Å². The molecule has 0 atom stereocenters. The molecule has 5 heteroatoms. The van der Waals surface area contributed by atoms with E-state index in [1.807, 2.05) is 36.7 Å². The van der Waals surface area contributed by atoms with Crippen molar-refractivity contribution in [3.05, 3.63) is 78.0 Å². The molecule has 2 aromatic heterocycles. The molecule has 3 rings (SSSR count). The number of nitriles is 1. The van der Waals surface area contributed by atoms with Crippen molar-refractivity contribution < 1.29 is 0 Å². The molecular weight excluding hydrogens is 286 g/mol. The summed E-state index contributed by atoms with van der Waals surface area (Å²) in [4.78, 5) is 8.63. The van der Waals surface area contributed by atoms with Crippen LogP contribution >= 0.6 is 0 Å². The molecule has 23 heavy (non-hydrogen) atoms. The van der Waals surface area contributed by atoms with Crippen molar-refractivity contribution in [2.24, 2.45) is 0 Å². The first-order chi connectivity index (χ1) is 11.3. The molecule has 0 aliphatic rings. The Morgan fingerprint density at radius 2 is 1.96 bits per heavy atom. The number of anilines is 1. The Balaban J connectivity index is 1.56. The molecule has 0 saturated heterocycles. The normalized spacial score (nSPS) is 10.2. The van der Waals surface area contributed by atoms with E-state index in [1.54, 1.807) is 12.3 Å². The van der Waals surface area contributed by atoms with E-state index in [0.29, 0.717) is 5.56 Å². The predicted molar refractivity (Wildman–Crippen MR) is 88.9 cm³/mol. The fourth-order valence-corrected chi connectivity index (χ4v) is 2.36. The van der Waals surface area contributed by atoms with Crippen LogP contribution in [0.25, 0.3) is 0 Å². The first kappa shape index (κ1) is 14.8. The number of hydrogen-bond donors (Lipinski definition) is 1. The Morgan fingerprint density at radius 1 is 1.09 bits per heavy atom. The second-order valence-corrected chi connectivity index (χ2v) is 5.18. The molecule has 0 fully saturated rings. The molecule has 2 heterocycles. The van der Waals surface area contributed by atoms with Crippen molar-refractivity contribution in [2.75, 3.05) is 11.9 Å². The van der Waals surface area contributed by atoms with Gasteiger partial charge in [-0.3, -0.25) is 0 Å². The number of pyridine rings is 1. The number of nitrogens with zero attached hydrogens (tertiary/aromatic N) is 4. The van der Waals surface area contributed by atoms with Gasteiger partial charge in [0, 0.05) is 38.1 Å². The van der Waals surface area contributed by atoms with E-state index in [1.165, 1.54) is 5.56 Å². The van der Waals surface area contributed by atoms with Gasteiger partial charge in [-0.15, -0.1) is 0 Å². The summed E-state index contributed by atoms with van der Waals surface area (Å²) in [6, 6.07) is 16.0. The highest BCUT2D eigenvalue weighted by Crippen LogP contribution is 2.07. The third-order valence-electron chi connectivity index (χ3n) is 3.54. The second kappa shape index (κ2) is 7.23. The Hall–Kier alpha value is -3.13. The summed E-state index contributed by atoms with van der Waals surface area (Å²) in [6.07, 6.45) is 6.21. The lowest BCUT2D eigenvalue weighted by atomic mass is 10.2. The lowest BCUT2D eigenvalue weighted by molar-refractivity contribution is 0.722. The van der Waals surface area contributed by atoms with Gasteiger partial charge >= 0.3 is 0 Å². The number of aromatic nitrogens is 3. The number of benzene rings is 1. The lowest BCUT2D eigenvalue weighted by Gasteiger charge is -2.09. The molecule has 1 N–H and O–H groups in total. The van der Waals surface area contributed by atoms with Gasteiger partial charge in [0.1, 0.15) is 17.7 Å². The predicted octanol–water partition coefficient (Wildman–Crippen LogP) is 2.85. The molecule has 0 aliphatic carbocycles. The van der Waals surface area contributed by atoms with Gasteiger partial charge < -0.3 is 9.88 Å². The van der Waals surface area contributed by atoms with Gasteiger partial charge in [-0.2, -0.15) is 5.26 Å². The van der Waals surface area contributed by atoms with Gasteiger partial charge in [-0.25, -0.2) is 9.97 Å². The molecule has 0 amide bonds. The zero-order valence-corrected chi connectivity index (χ0v) is 12.7. The van der Waals surface area contributed by atoms with Crippen LogP contribution in [0.4, 0.5) is 5.82 Å². The average molecular weight is 303 g/mol. The maximum absolute atomic E-state index is 8.76. The summed E-state index contributed by atoms with van der Waals surface area (Å²) in [7, 11) is 0. The maximum Gasteiger partial charge on any atom is 0.125 e. The number of imidazole rings is 1. The Labute approximate surface area is 135 Å². The number of nitrogens with one attached hydrogen (secondary N) is 1. The van der Waals surface area contributed by atoms with Crippen LogP contribution in [0.5, 0.6) is 0 Å². The maximum atomic E-state index is 8.76. The van der Waals surface area contributed by atoms with Gasteiger partial charge in [-0.1, -0.05) is 30.3 Å². The van der Waals surface area contributed by atoms with Crippen molar-refractivity contribution in [1.29, 1.82) is 5.26 Å². The monoisotopic (exact) mass is 303 g/mol. The quantitative estimate of drug-likeness (QED) is 0.760. The molecule has 3 aromatic rings. The minimum atomic E-state index is 0.564. The minimum Gasteiger partial charge on any atom is -0.370 e. The standard InChI is InChI=1S/C18H17N5/c19-12-16-6-7-17(22-13-16)20-9-8-18-21-10-11-23(18)14-15-4-2-1-3-5-15/h1-7,10-11,13H,8-9,14H2,(H,20,22).